The number of aromatic nitrogens is 1. The molecule has 3 rings (SSSR count). The van der Waals surface area contributed by atoms with E-state index in [2.05, 4.69) is 4.98 Å². The number of anilines is 1. The van der Waals surface area contributed by atoms with Crippen molar-refractivity contribution in [2.45, 2.75) is 13.5 Å². The first-order chi connectivity index (χ1) is 11.0. The summed E-state index contributed by atoms with van der Waals surface area (Å²) in [5.41, 5.74) is 8.44. The van der Waals surface area contributed by atoms with Crippen LogP contribution in [0.4, 0.5) is 5.69 Å². The predicted octanol–water partition coefficient (Wildman–Crippen LogP) is 6.51. The average molecular weight is 441 g/mol. The average Bonchev–Trinajstić information content (AvgIpc) is 2.51. The van der Waals surface area contributed by atoms with Crippen LogP contribution in [0.2, 0.25) is 15.1 Å². The second-order valence-electron chi connectivity index (χ2n) is 5.12. The van der Waals surface area contributed by atoms with Crippen LogP contribution in [0.1, 0.15) is 11.3 Å². The smallest absolute Gasteiger partial charge is 0.146 e. The van der Waals surface area contributed by atoms with Gasteiger partial charge < -0.3 is 10.5 Å². The van der Waals surface area contributed by atoms with E-state index in [4.69, 9.17) is 45.3 Å². The minimum Gasteiger partial charge on any atom is -0.487 e. The maximum Gasteiger partial charge on any atom is 0.146 e. The number of hydrogen-bond acceptors (Lipinski definition) is 3. The number of nitrogen functional groups attached to an aromatic ring is 1. The van der Waals surface area contributed by atoms with Crippen LogP contribution in [0.15, 0.2) is 36.4 Å². The summed E-state index contributed by atoms with van der Waals surface area (Å²) in [4.78, 5) is 4.51. The molecule has 0 spiro atoms. The van der Waals surface area contributed by atoms with Gasteiger partial charge in [0.1, 0.15) is 17.9 Å². The van der Waals surface area contributed by atoms with Crippen molar-refractivity contribution in [3.05, 3.63) is 62.7 Å². The minimum atomic E-state index is 0. The molecule has 0 saturated carbocycles. The predicted molar refractivity (Wildman–Crippen MR) is 111 cm³/mol. The number of halogens is 5. The standard InChI is InChI=1S/C17H13Cl3N2O.2ClH/c1-9-7-13(19)10-3-2-4-15(17(10)22-9)23-8-11-12(18)5-6-14(21)16(11)20;;/h2-7H,8,21H2,1H3;2*1H. The van der Waals surface area contributed by atoms with Crippen LogP contribution in [-0.4, -0.2) is 4.98 Å². The van der Waals surface area contributed by atoms with Crippen LogP contribution in [0, 0.1) is 6.92 Å². The zero-order valence-electron chi connectivity index (χ0n) is 13.1. The summed E-state index contributed by atoms with van der Waals surface area (Å²) in [5.74, 6) is 0.614. The third-order valence-electron chi connectivity index (χ3n) is 3.47. The van der Waals surface area contributed by atoms with Crippen molar-refractivity contribution in [3.63, 3.8) is 0 Å². The summed E-state index contributed by atoms with van der Waals surface area (Å²) in [5, 5.41) is 2.38. The fourth-order valence-corrected chi connectivity index (χ4v) is 3.10. The van der Waals surface area contributed by atoms with E-state index in [0.29, 0.717) is 37.6 Å². The molecule has 8 heteroatoms. The first kappa shape index (κ1) is 21.9. The van der Waals surface area contributed by atoms with E-state index >= 15 is 0 Å². The molecular weight excluding hydrogens is 425 g/mol. The molecule has 3 aromatic rings. The van der Waals surface area contributed by atoms with E-state index in [1.54, 1.807) is 12.1 Å². The fourth-order valence-electron chi connectivity index (χ4n) is 2.31. The number of para-hydroxylation sites is 1. The highest BCUT2D eigenvalue weighted by molar-refractivity contribution is 6.37. The Labute approximate surface area is 173 Å². The lowest BCUT2D eigenvalue weighted by molar-refractivity contribution is 0.309. The first-order valence-electron chi connectivity index (χ1n) is 6.88. The van der Waals surface area contributed by atoms with Crippen LogP contribution < -0.4 is 10.5 Å². The van der Waals surface area contributed by atoms with Crippen molar-refractivity contribution in [2.75, 3.05) is 5.73 Å². The molecule has 0 bridgehead atoms. The lowest BCUT2D eigenvalue weighted by atomic mass is 10.2. The summed E-state index contributed by atoms with van der Waals surface area (Å²) < 4.78 is 5.89. The van der Waals surface area contributed by atoms with E-state index in [1.807, 2.05) is 31.2 Å². The number of benzene rings is 2. The second kappa shape index (κ2) is 9.02. The molecule has 1 heterocycles. The molecule has 2 aromatic carbocycles. The molecule has 0 radical (unpaired) electrons. The zero-order valence-corrected chi connectivity index (χ0v) is 17.0. The van der Waals surface area contributed by atoms with E-state index < -0.39 is 0 Å². The van der Waals surface area contributed by atoms with E-state index in [1.165, 1.54) is 0 Å². The Hall–Kier alpha value is -1.10. The Morgan fingerprint density at radius 1 is 1.04 bits per heavy atom. The summed E-state index contributed by atoms with van der Waals surface area (Å²) >= 11 is 18.7. The Balaban J connectivity index is 0.00000156. The van der Waals surface area contributed by atoms with Gasteiger partial charge in [-0.2, -0.15) is 0 Å². The SMILES string of the molecule is Cc1cc(Cl)c2cccc(OCc3c(Cl)ccc(N)c3Cl)c2n1.Cl.Cl. The molecular formula is C17H15Cl5N2O. The Bertz CT molecular complexity index is 902. The van der Waals surface area contributed by atoms with Crippen molar-refractivity contribution in [3.8, 4) is 5.75 Å². The second-order valence-corrected chi connectivity index (χ2v) is 6.31. The van der Waals surface area contributed by atoms with E-state index in [-0.39, 0.29) is 31.4 Å². The van der Waals surface area contributed by atoms with Gasteiger partial charge in [-0.05, 0) is 31.2 Å². The summed E-state index contributed by atoms with van der Waals surface area (Å²) in [7, 11) is 0. The van der Waals surface area contributed by atoms with Gasteiger partial charge in [0.2, 0.25) is 0 Å². The zero-order chi connectivity index (χ0) is 16.6. The highest BCUT2D eigenvalue weighted by atomic mass is 35.5. The summed E-state index contributed by atoms with van der Waals surface area (Å²) in [6.45, 7) is 2.07. The molecule has 0 amide bonds. The van der Waals surface area contributed by atoms with Gasteiger partial charge in [-0.15, -0.1) is 24.8 Å². The number of aryl methyl sites for hydroxylation is 1. The number of pyridine rings is 1. The summed E-state index contributed by atoms with van der Waals surface area (Å²) in [6, 6.07) is 10.8. The van der Waals surface area contributed by atoms with Gasteiger partial charge in [0, 0.05) is 21.7 Å². The van der Waals surface area contributed by atoms with Crippen molar-refractivity contribution in [1.29, 1.82) is 0 Å². The van der Waals surface area contributed by atoms with Gasteiger partial charge in [0.15, 0.2) is 0 Å². The van der Waals surface area contributed by atoms with Gasteiger partial charge in [0.05, 0.1) is 15.7 Å². The van der Waals surface area contributed by atoms with Crippen molar-refractivity contribution in [2.24, 2.45) is 0 Å². The third kappa shape index (κ3) is 4.55. The molecule has 0 aliphatic rings. The van der Waals surface area contributed by atoms with Crippen LogP contribution in [-0.2, 0) is 6.61 Å². The molecule has 3 nitrogen and oxygen atoms in total. The molecule has 1 aromatic heterocycles. The highest BCUT2D eigenvalue weighted by Crippen LogP contribution is 2.33. The number of rotatable bonds is 3. The van der Waals surface area contributed by atoms with Crippen LogP contribution >= 0.6 is 59.6 Å². The third-order valence-corrected chi connectivity index (χ3v) is 4.58. The quantitative estimate of drug-likeness (QED) is 0.472. The molecule has 25 heavy (non-hydrogen) atoms. The van der Waals surface area contributed by atoms with Gasteiger partial charge in [-0.1, -0.05) is 46.9 Å². The summed E-state index contributed by atoms with van der Waals surface area (Å²) in [6.07, 6.45) is 0. The molecule has 0 atom stereocenters. The van der Waals surface area contributed by atoms with Crippen molar-refractivity contribution in [1.82, 2.24) is 4.98 Å². The van der Waals surface area contributed by atoms with Gasteiger partial charge >= 0.3 is 0 Å². The molecule has 0 unspecified atom stereocenters. The Kier molecular flexibility index (Phi) is 7.91. The largest absolute Gasteiger partial charge is 0.487 e. The minimum absolute atomic E-state index is 0. The fraction of sp³-hybridized carbons (Fsp3) is 0.118. The molecule has 134 valence electrons. The number of fused-ring (bicyclic) bond motifs is 1. The lowest BCUT2D eigenvalue weighted by Crippen LogP contribution is -2.01. The maximum absolute atomic E-state index is 6.27. The van der Waals surface area contributed by atoms with E-state index in [0.717, 1.165) is 11.1 Å². The topological polar surface area (TPSA) is 48.1 Å². The Morgan fingerprint density at radius 3 is 2.48 bits per heavy atom. The molecule has 0 fully saturated rings. The first-order valence-corrected chi connectivity index (χ1v) is 8.02. The van der Waals surface area contributed by atoms with Gasteiger partial charge in [-0.25, -0.2) is 4.98 Å². The number of nitrogens with two attached hydrogens (primary N) is 1. The van der Waals surface area contributed by atoms with Gasteiger partial charge in [0.25, 0.3) is 0 Å². The van der Waals surface area contributed by atoms with Crippen molar-refractivity contribution >= 4 is 76.2 Å². The van der Waals surface area contributed by atoms with Crippen LogP contribution in [0.25, 0.3) is 10.9 Å². The van der Waals surface area contributed by atoms with Crippen molar-refractivity contribution < 1.29 is 4.74 Å². The normalized spacial score (nSPS) is 10.1. The number of hydrogen-bond donors (Lipinski definition) is 1. The lowest BCUT2D eigenvalue weighted by Gasteiger charge is -2.13. The maximum atomic E-state index is 6.27. The molecule has 2 N–H and O–H groups in total. The Morgan fingerprint density at radius 2 is 1.76 bits per heavy atom. The van der Waals surface area contributed by atoms with E-state index in [9.17, 15) is 0 Å². The number of ether oxygens (including phenoxy) is 1. The van der Waals surface area contributed by atoms with Gasteiger partial charge in [-0.3, -0.25) is 0 Å². The highest BCUT2D eigenvalue weighted by Gasteiger charge is 2.12. The molecule has 0 aliphatic heterocycles. The van der Waals surface area contributed by atoms with Crippen LogP contribution in [0.5, 0.6) is 5.75 Å². The number of nitrogens with zero attached hydrogens (tertiary/aromatic N) is 1. The molecule has 0 aliphatic carbocycles. The monoisotopic (exact) mass is 438 g/mol. The van der Waals surface area contributed by atoms with Crippen LogP contribution in [0.3, 0.4) is 0 Å². The molecule has 0 saturated heterocycles.